The number of aryl methyl sites for hydroxylation is 2. The van der Waals surface area contributed by atoms with Crippen LogP contribution in [0.5, 0.6) is 11.5 Å². The molecule has 0 spiro atoms. The maximum atomic E-state index is 5.93. The predicted molar refractivity (Wildman–Crippen MR) is 88.5 cm³/mol. The van der Waals surface area contributed by atoms with Gasteiger partial charge in [-0.05, 0) is 49.2 Å². The van der Waals surface area contributed by atoms with Crippen molar-refractivity contribution >= 4 is 10.9 Å². The van der Waals surface area contributed by atoms with E-state index in [0.717, 1.165) is 28.0 Å². The van der Waals surface area contributed by atoms with Crippen LogP contribution in [-0.2, 0) is 6.61 Å². The van der Waals surface area contributed by atoms with Crippen molar-refractivity contribution in [1.82, 2.24) is 4.98 Å². The zero-order valence-corrected chi connectivity index (χ0v) is 13.1. The first-order valence-electron chi connectivity index (χ1n) is 7.29. The van der Waals surface area contributed by atoms with Crippen molar-refractivity contribution in [3.63, 3.8) is 0 Å². The van der Waals surface area contributed by atoms with Crippen LogP contribution in [0, 0.1) is 13.8 Å². The van der Waals surface area contributed by atoms with E-state index in [1.54, 1.807) is 7.11 Å². The van der Waals surface area contributed by atoms with Crippen LogP contribution in [0.1, 0.15) is 16.7 Å². The summed E-state index contributed by atoms with van der Waals surface area (Å²) in [7, 11) is 1.66. The molecule has 22 heavy (non-hydrogen) atoms. The summed E-state index contributed by atoms with van der Waals surface area (Å²) in [5, 5.41) is 1.12. The fourth-order valence-corrected chi connectivity index (χ4v) is 2.39. The highest BCUT2D eigenvalue weighted by atomic mass is 16.5. The molecule has 0 bridgehead atoms. The van der Waals surface area contributed by atoms with Gasteiger partial charge in [-0.2, -0.15) is 0 Å². The van der Waals surface area contributed by atoms with Crippen molar-refractivity contribution in [1.29, 1.82) is 0 Å². The predicted octanol–water partition coefficient (Wildman–Crippen LogP) is 4.44. The molecule has 112 valence electrons. The van der Waals surface area contributed by atoms with Crippen LogP contribution in [0.4, 0.5) is 0 Å². The minimum Gasteiger partial charge on any atom is -0.493 e. The second-order valence-corrected chi connectivity index (χ2v) is 5.41. The number of fused-ring (bicyclic) bond motifs is 1. The van der Waals surface area contributed by atoms with Crippen molar-refractivity contribution in [2.75, 3.05) is 7.11 Å². The van der Waals surface area contributed by atoms with E-state index in [-0.39, 0.29) is 0 Å². The van der Waals surface area contributed by atoms with Crippen LogP contribution >= 0.6 is 0 Å². The fourth-order valence-electron chi connectivity index (χ4n) is 2.39. The van der Waals surface area contributed by atoms with E-state index in [9.17, 15) is 0 Å². The van der Waals surface area contributed by atoms with Crippen LogP contribution < -0.4 is 9.47 Å². The number of nitrogens with zero attached hydrogens (tertiary/aromatic N) is 1. The first-order valence-corrected chi connectivity index (χ1v) is 7.29. The minimum absolute atomic E-state index is 0.469. The Kier molecular flexibility index (Phi) is 3.96. The van der Waals surface area contributed by atoms with Gasteiger partial charge in [0.15, 0.2) is 11.5 Å². The van der Waals surface area contributed by atoms with Crippen molar-refractivity contribution in [2.24, 2.45) is 0 Å². The average molecular weight is 293 g/mol. The smallest absolute Gasteiger partial charge is 0.161 e. The summed E-state index contributed by atoms with van der Waals surface area (Å²) in [6.45, 7) is 4.60. The highest BCUT2D eigenvalue weighted by Crippen LogP contribution is 2.31. The third kappa shape index (κ3) is 2.89. The molecule has 0 saturated carbocycles. The zero-order valence-electron chi connectivity index (χ0n) is 13.1. The van der Waals surface area contributed by atoms with Gasteiger partial charge in [-0.1, -0.05) is 18.2 Å². The lowest BCUT2D eigenvalue weighted by Crippen LogP contribution is -1.99. The van der Waals surface area contributed by atoms with E-state index >= 15 is 0 Å². The van der Waals surface area contributed by atoms with E-state index in [0.29, 0.717) is 6.61 Å². The molecular weight excluding hydrogens is 274 g/mol. The lowest BCUT2D eigenvalue weighted by molar-refractivity contribution is 0.284. The Hall–Kier alpha value is -2.55. The topological polar surface area (TPSA) is 31.4 Å². The summed E-state index contributed by atoms with van der Waals surface area (Å²) >= 11 is 0. The van der Waals surface area contributed by atoms with Crippen LogP contribution in [0.3, 0.4) is 0 Å². The molecule has 0 aliphatic heterocycles. The molecule has 3 rings (SSSR count). The molecule has 0 radical (unpaired) electrons. The molecule has 0 atom stereocenters. The first-order chi connectivity index (χ1) is 10.7. The molecule has 0 fully saturated rings. The molecule has 2 aromatic carbocycles. The SMILES string of the molecule is COc1cc(C)c(C)cc1OCc1cnc2ccccc2c1. The summed E-state index contributed by atoms with van der Waals surface area (Å²) in [4.78, 5) is 4.46. The lowest BCUT2D eigenvalue weighted by Gasteiger charge is -2.13. The summed E-state index contributed by atoms with van der Waals surface area (Å²) < 4.78 is 11.3. The maximum Gasteiger partial charge on any atom is 0.161 e. The standard InChI is InChI=1S/C19H19NO2/c1-13-8-18(21-3)19(9-14(13)2)22-12-15-10-16-6-4-5-7-17(16)20-11-15/h4-11H,12H2,1-3H3. The molecule has 0 amide bonds. The number of pyridine rings is 1. The molecule has 0 unspecified atom stereocenters. The molecule has 1 heterocycles. The Morgan fingerprint density at radius 2 is 1.68 bits per heavy atom. The maximum absolute atomic E-state index is 5.93. The number of benzene rings is 2. The molecule has 3 aromatic rings. The van der Waals surface area contributed by atoms with Gasteiger partial charge in [0.25, 0.3) is 0 Å². The normalized spacial score (nSPS) is 10.7. The quantitative estimate of drug-likeness (QED) is 0.712. The van der Waals surface area contributed by atoms with Crippen molar-refractivity contribution in [3.8, 4) is 11.5 Å². The number of hydrogen-bond acceptors (Lipinski definition) is 3. The molecule has 3 nitrogen and oxygen atoms in total. The largest absolute Gasteiger partial charge is 0.493 e. The van der Waals surface area contributed by atoms with Crippen LogP contribution in [0.25, 0.3) is 10.9 Å². The van der Waals surface area contributed by atoms with Gasteiger partial charge in [0.1, 0.15) is 6.61 Å². The number of para-hydroxylation sites is 1. The second kappa shape index (κ2) is 6.06. The summed E-state index contributed by atoms with van der Waals surface area (Å²) in [5.41, 5.74) is 4.41. The number of aromatic nitrogens is 1. The highest BCUT2D eigenvalue weighted by molar-refractivity contribution is 5.78. The van der Waals surface area contributed by atoms with Crippen molar-refractivity contribution in [2.45, 2.75) is 20.5 Å². The van der Waals surface area contributed by atoms with Crippen molar-refractivity contribution in [3.05, 3.63) is 65.4 Å². The Morgan fingerprint density at radius 3 is 2.45 bits per heavy atom. The number of hydrogen-bond donors (Lipinski definition) is 0. The molecule has 0 N–H and O–H groups in total. The van der Waals surface area contributed by atoms with E-state index in [2.05, 4.69) is 31.0 Å². The highest BCUT2D eigenvalue weighted by Gasteiger charge is 2.08. The van der Waals surface area contributed by atoms with E-state index in [4.69, 9.17) is 9.47 Å². The second-order valence-electron chi connectivity index (χ2n) is 5.41. The van der Waals surface area contributed by atoms with Gasteiger partial charge >= 0.3 is 0 Å². The molecule has 3 heteroatoms. The molecular formula is C19H19NO2. The van der Waals surface area contributed by atoms with Gasteiger partial charge < -0.3 is 9.47 Å². The van der Waals surface area contributed by atoms with Crippen LogP contribution in [-0.4, -0.2) is 12.1 Å². The molecule has 0 saturated heterocycles. The van der Waals surface area contributed by atoms with E-state index < -0.39 is 0 Å². The summed E-state index contributed by atoms with van der Waals surface area (Å²) in [5.74, 6) is 1.52. The van der Waals surface area contributed by atoms with Gasteiger partial charge in [0.2, 0.25) is 0 Å². The third-order valence-corrected chi connectivity index (χ3v) is 3.82. The Morgan fingerprint density at radius 1 is 0.955 bits per heavy atom. The molecule has 1 aromatic heterocycles. The van der Waals surface area contributed by atoms with Gasteiger partial charge in [-0.15, -0.1) is 0 Å². The minimum atomic E-state index is 0.469. The molecule has 0 aliphatic rings. The first kappa shape index (κ1) is 14.4. The van der Waals surface area contributed by atoms with Gasteiger partial charge in [-0.3, -0.25) is 4.98 Å². The average Bonchev–Trinajstić information content (AvgIpc) is 2.55. The molecule has 0 aliphatic carbocycles. The Labute approximate surface area is 130 Å². The van der Waals surface area contributed by atoms with Gasteiger partial charge in [0, 0.05) is 17.1 Å². The zero-order chi connectivity index (χ0) is 15.5. The number of methoxy groups -OCH3 is 1. The van der Waals surface area contributed by atoms with E-state index in [1.807, 2.05) is 36.5 Å². The fraction of sp³-hybridized carbons (Fsp3) is 0.211. The third-order valence-electron chi connectivity index (χ3n) is 3.82. The monoisotopic (exact) mass is 293 g/mol. The van der Waals surface area contributed by atoms with Crippen LogP contribution in [0.2, 0.25) is 0 Å². The Balaban J connectivity index is 1.83. The lowest BCUT2D eigenvalue weighted by atomic mass is 10.1. The number of ether oxygens (including phenoxy) is 2. The van der Waals surface area contributed by atoms with Crippen molar-refractivity contribution < 1.29 is 9.47 Å². The van der Waals surface area contributed by atoms with E-state index in [1.165, 1.54) is 11.1 Å². The Bertz CT molecular complexity index is 812. The summed E-state index contributed by atoms with van der Waals surface area (Å²) in [6.07, 6.45) is 1.86. The van der Waals surface area contributed by atoms with Gasteiger partial charge in [0.05, 0.1) is 12.6 Å². The number of rotatable bonds is 4. The van der Waals surface area contributed by atoms with Gasteiger partial charge in [-0.25, -0.2) is 0 Å². The summed E-state index contributed by atoms with van der Waals surface area (Å²) in [6, 6.07) is 14.2. The van der Waals surface area contributed by atoms with Crippen LogP contribution in [0.15, 0.2) is 48.7 Å².